The first-order valence-corrected chi connectivity index (χ1v) is 5.02. The van der Waals surface area contributed by atoms with Gasteiger partial charge in [0.25, 0.3) is 0 Å². The molecule has 2 nitrogen and oxygen atoms in total. The Balaban J connectivity index is 2.98. The third-order valence-electron chi connectivity index (χ3n) is 1.84. The number of rotatable bonds is 5. The van der Waals surface area contributed by atoms with Crippen LogP contribution in [0.25, 0.3) is 0 Å². The summed E-state index contributed by atoms with van der Waals surface area (Å²) in [6.07, 6.45) is -1.57. The van der Waals surface area contributed by atoms with E-state index in [1.54, 1.807) is 6.07 Å². The van der Waals surface area contributed by atoms with Crippen LogP contribution in [0.4, 0.5) is 13.2 Å². The van der Waals surface area contributed by atoms with Crippen LogP contribution < -0.4 is 9.47 Å². The summed E-state index contributed by atoms with van der Waals surface area (Å²) in [7, 11) is 0. The van der Waals surface area contributed by atoms with Crippen LogP contribution in [0, 0.1) is 6.08 Å². The van der Waals surface area contributed by atoms with Crippen LogP contribution in [-0.2, 0) is 0 Å². The second-order valence-electron chi connectivity index (χ2n) is 3.23. The maximum absolute atomic E-state index is 12.2. The molecule has 1 radical (unpaired) electrons. The molecule has 0 unspecified atom stereocenters. The first-order valence-electron chi connectivity index (χ1n) is 5.02. The largest absolute Gasteiger partial charge is 0.573 e. The second kappa shape index (κ2) is 5.61. The highest BCUT2D eigenvalue weighted by molar-refractivity contribution is 5.44. The van der Waals surface area contributed by atoms with Gasteiger partial charge in [-0.3, -0.25) is 0 Å². The van der Waals surface area contributed by atoms with E-state index in [4.69, 9.17) is 4.74 Å². The molecule has 17 heavy (non-hydrogen) atoms. The third-order valence-corrected chi connectivity index (χ3v) is 1.84. The zero-order valence-electron chi connectivity index (χ0n) is 9.30. The highest BCUT2D eigenvalue weighted by Crippen LogP contribution is 2.33. The van der Waals surface area contributed by atoms with Gasteiger partial charge in [-0.1, -0.05) is 19.6 Å². The summed E-state index contributed by atoms with van der Waals surface area (Å²) < 4.78 is 45.5. The van der Waals surface area contributed by atoms with E-state index < -0.39 is 6.36 Å². The van der Waals surface area contributed by atoms with Crippen LogP contribution >= 0.6 is 0 Å². The number of halogens is 3. The Morgan fingerprint density at radius 2 is 2.00 bits per heavy atom. The average Bonchev–Trinajstić information content (AvgIpc) is 2.25. The molecule has 0 aliphatic heterocycles. The van der Waals surface area contributed by atoms with Crippen molar-refractivity contribution in [3.63, 3.8) is 0 Å². The topological polar surface area (TPSA) is 18.5 Å². The molecule has 0 aliphatic rings. The molecule has 0 spiro atoms. The van der Waals surface area contributed by atoms with Crippen LogP contribution in [0.3, 0.4) is 0 Å². The molecule has 1 rings (SSSR count). The molecule has 0 N–H and O–H groups in total. The maximum atomic E-state index is 12.2. The van der Waals surface area contributed by atoms with Crippen molar-refractivity contribution >= 4 is 0 Å². The third kappa shape index (κ3) is 4.38. The lowest BCUT2D eigenvalue weighted by Gasteiger charge is -2.14. The smallest absolute Gasteiger partial charge is 0.490 e. The average molecular weight is 245 g/mol. The molecule has 5 heteroatoms. The summed E-state index contributed by atoms with van der Waals surface area (Å²) in [4.78, 5) is 0. The van der Waals surface area contributed by atoms with E-state index >= 15 is 0 Å². The van der Waals surface area contributed by atoms with Gasteiger partial charge in [0.15, 0.2) is 11.5 Å². The Kier molecular flexibility index (Phi) is 4.43. The van der Waals surface area contributed by atoms with Crippen molar-refractivity contribution in [2.24, 2.45) is 0 Å². The van der Waals surface area contributed by atoms with Crippen molar-refractivity contribution in [3.05, 3.63) is 36.4 Å². The zero-order chi connectivity index (χ0) is 12.9. The standard InChI is InChI=1S/C12H12F3O2/c1-3-7-16-10-6-5-9(4-2)8-11(10)17-12(13,14)15/h5-6,8H,2-3,7H2,1H3. The summed E-state index contributed by atoms with van der Waals surface area (Å²) >= 11 is 0. The number of hydrogen-bond acceptors (Lipinski definition) is 2. The first-order chi connectivity index (χ1) is 7.96. The van der Waals surface area contributed by atoms with Crippen LogP contribution in [0.5, 0.6) is 11.5 Å². The minimum Gasteiger partial charge on any atom is -0.490 e. The maximum Gasteiger partial charge on any atom is 0.573 e. The molecule has 0 saturated carbocycles. The Morgan fingerprint density at radius 3 is 2.53 bits per heavy atom. The van der Waals surface area contributed by atoms with Crippen molar-refractivity contribution in [2.45, 2.75) is 19.7 Å². The first kappa shape index (κ1) is 13.4. The summed E-state index contributed by atoms with van der Waals surface area (Å²) in [5.41, 5.74) is 0.410. The molecule has 93 valence electrons. The van der Waals surface area contributed by atoms with Gasteiger partial charge >= 0.3 is 6.36 Å². The Hall–Kier alpha value is -1.65. The van der Waals surface area contributed by atoms with E-state index in [2.05, 4.69) is 17.4 Å². The summed E-state index contributed by atoms with van der Waals surface area (Å²) in [5, 5.41) is 0. The molecule has 0 saturated heterocycles. The van der Waals surface area contributed by atoms with Crippen molar-refractivity contribution < 1.29 is 22.6 Å². The summed E-state index contributed by atoms with van der Waals surface area (Å²) in [5.74, 6) is -0.317. The van der Waals surface area contributed by atoms with Gasteiger partial charge in [0.05, 0.1) is 6.61 Å². The van der Waals surface area contributed by atoms with Crippen molar-refractivity contribution in [1.29, 1.82) is 0 Å². The fraction of sp³-hybridized carbons (Fsp3) is 0.333. The Bertz CT molecular complexity index is 386. The van der Waals surface area contributed by atoms with Gasteiger partial charge in [-0.15, -0.1) is 13.2 Å². The van der Waals surface area contributed by atoms with Crippen LogP contribution in [0.15, 0.2) is 24.8 Å². The predicted octanol–water partition coefficient (Wildman–Crippen LogP) is 3.71. The monoisotopic (exact) mass is 245 g/mol. The number of hydrogen-bond donors (Lipinski definition) is 0. The van der Waals surface area contributed by atoms with Crippen molar-refractivity contribution in [3.8, 4) is 11.5 Å². The lowest BCUT2D eigenvalue weighted by molar-refractivity contribution is -0.275. The van der Waals surface area contributed by atoms with Gasteiger partial charge in [0.2, 0.25) is 0 Å². The lowest BCUT2D eigenvalue weighted by Crippen LogP contribution is -2.18. The zero-order valence-corrected chi connectivity index (χ0v) is 9.30. The molecular formula is C12H12F3O2. The van der Waals surface area contributed by atoms with Crippen molar-refractivity contribution in [2.75, 3.05) is 6.61 Å². The minimum atomic E-state index is -4.75. The minimum absolute atomic E-state index is 0.0585. The highest BCUT2D eigenvalue weighted by atomic mass is 19.4. The number of alkyl halides is 3. The molecule has 1 aromatic rings. The van der Waals surface area contributed by atoms with Crippen LogP contribution in [0.1, 0.15) is 18.9 Å². The van der Waals surface area contributed by atoms with Crippen LogP contribution in [-0.4, -0.2) is 13.0 Å². The fourth-order valence-corrected chi connectivity index (χ4v) is 1.15. The lowest BCUT2D eigenvalue weighted by atomic mass is 10.2. The molecule has 0 amide bonds. The quantitative estimate of drug-likeness (QED) is 0.787. The number of benzene rings is 1. The summed E-state index contributed by atoms with van der Waals surface area (Å²) in [6.45, 7) is 5.54. The molecule has 0 bridgehead atoms. The van der Waals surface area contributed by atoms with Gasteiger partial charge in [0, 0.05) is 0 Å². The molecule has 0 fully saturated rings. The van der Waals surface area contributed by atoms with Gasteiger partial charge < -0.3 is 9.47 Å². The summed E-state index contributed by atoms with van der Waals surface area (Å²) in [6, 6.07) is 4.15. The Morgan fingerprint density at radius 1 is 1.29 bits per heavy atom. The number of ether oxygens (including phenoxy) is 2. The van der Waals surface area contributed by atoms with Gasteiger partial charge in [-0.2, -0.15) is 0 Å². The van der Waals surface area contributed by atoms with E-state index in [0.717, 1.165) is 0 Å². The molecule has 0 aromatic heterocycles. The molecule has 0 atom stereocenters. The van der Waals surface area contributed by atoms with Gasteiger partial charge in [-0.25, -0.2) is 0 Å². The van der Waals surface area contributed by atoms with E-state index in [9.17, 15) is 13.2 Å². The van der Waals surface area contributed by atoms with Crippen LogP contribution in [0.2, 0.25) is 0 Å². The molecule has 0 heterocycles. The van der Waals surface area contributed by atoms with E-state index in [1.165, 1.54) is 12.1 Å². The molecular weight excluding hydrogens is 233 g/mol. The van der Waals surface area contributed by atoms with E-state index in [0.29, 0.717) is 18.6 Å². The SMILES string of the molecule is C=[C]c1ccc(OCCC)c(OC(F)(F)F)c1. The second-order valence-corrected chi connectivity index (χ2v) is 3.23. The highest BCUT2D eigenvalue weighted by Gasteiger charge is 2.32. The molecule has 0 aliphatic carbocycles. The molecule has 1 aromatic carbocycles. The van der Waals surface area contributed by atoms with Gasteiger partial charge in [0.1, 0.15) is 0 Å². The predicted molar refractivity (Wildman–Crippen MR) is 56.9 cm³/mol. The van der Waals surface area contributed by atoms with E-state index in [1.807, 2.05) is 6.92 Å². The fourth-order valence-electron chi connectivity index (χ4n) is 1.15. The Labute approximate surface area is 97.7 Å². The normalized spacial score (nSPS) is 11.1. The van der Waals surface area contributed by atoms with Crippen molar-refractivity contribution in [1.82, 2.24) is 0 Å². The van der Waals surface area contributed by atoms with E-state index in [-0.39, 0.29) is 11.5 Å². The van der Waals surface area contributed by atoms with Gasteiger partial charge in [-0.05, 0) is 30.2 Å².